The van der Waals surface area contributed by atoms with Gasteiger partial charge in [0, 0.05) is 31.3 Å². The minimum absolute atomic E-state index is 0.0916. The highest BCUT2D eigenvalue weighted by molar-refractivity contribution is 5.68. The van der Waals surface area contributed by atoms with E-state index in [1.165, 1.54) is 12.4 Å². The fraction of sp³-hybridized carbons (Fsp3) is 0.650. The monoisotopic (exact) mass is 391 g/mol. The number of ether oxygens (including phenoxy) is 2. The second-order valence-electron chi connectivity index (χ2n) is 7.57. The number of hydrogen-bond donors (Lipinski definition) is 1. The van der Waals surface area contributed by atoms with Crippen LogP contribution in [0.5, 0.6) is 0 Å². The first-order valence-electron chi connectivity index (χ1n) is 10.1. The Morgan fingerprint density at radius 1 is 1.21 bits per heavy atom. The van der Waals surface area contributed by atoms with Gasteiger partial charge in [-0.05, 0) is 56.9 Å². The number of nitrogens with one attached hydrogen (secondary N) is 1. The third-order valence-electron chi connectivity index (χ3n) is 5.39. The maximum absolute atomic E-state index is 11.9. The Hall–Kier alpha value is -2.51. The summed E-state index contributed by atoms with van der Waals surface area (Å²) in [5, 5.41) is 13.9. The van der Waals surface area contributed by atoms with Crippen LogP contribution >= 0.6 is 0 Å². The largest absolute Gasteiger partial charge is 0.619 e. The molecule has 1 aromatic rings. The molecule has 2 fully saturated rings. The topological polar surface area (TPSA) is 94.8 Å². The lowest BCUT2D eigenvalue weighted by molar-refractivity contribution is -0.605. The van der Waals surface area contributed by atoms with E-state index in [-0.39, 0.29) is 12.2 Å². The van der Waals surface area contributed by atoms with Crippen LogP contribution in [-0.2, 0) is 15.9 Å². The zero-order valence-corrected chi connectivity index (χ0v) is 16.2. The molecule has 0 spiro atoms. The van der Waals surface area contributed by atoms with E-state index in [9.17, 15) is 14.8 Å². The van der Waals surface area contributed by atoms with E-state index in [0.29, 0.717) is 25.5 Å². The van der Waals surface area contributed by atoms with Gasteiger partial charge in [0.05, 0.1) is 6.61 Å². The summed E-state index contributed by atoms with van der Waals surface area (Å²) in [6, 6.07) is 3.53. The van der Waals surface area contributed by atoms with E-state index >= 15 is 0 Å². The molecule has 0 radical (unpaired) electrons. The van der Waals surface area contributed by atoms with E-state index in [4.69, 9.17) is 9.47 Å². The lowest BCUT2D eigenvalue weighted by Crippen LogP contribution is -2.34. The van der Waals surface area contributed by atoms with Gasteiger partial charge in [0.15, 0.2) is 12.4 Å². The van der Waals surface area contributed by atoms with Crippen LogP contribution in [0.2, 0.25) is 0 Å². The highest BCUT2D eigenvalue weighted by atomic mass is 16.6. The standard InChI is InChI=1S/C20H29N3O5/c24-19(21-10-9-16-4-3-13-23(26)14-16)28-18-7-5-17(6-8-18)15-27-20(25)22-11-1-2-12-22/h3-4,13-14,17-18H,1-2,5-12,15H2,(H,21,24). The van der Waals surface area contributed by atoms with E-state index in [1.54, 1.807) is 11.0 Å². The van der Waals surface area contributed by atoms with Gasteiger partial charge in [-0.2, -0.15) is 4.73 Å². The van der Waals surface area contributed by atoms with Gasteiger partial charge in [-0.1, -0.05) is 0 Å². The molecule has 0 atom stereocenters. The van der Waals surface area contributed by atoms with Crippen molar-refractivity contribution in [2.24, 2.45) is 5.92 Å². The highest BCUT2D eigenvalue weighted by Gasteiger charge is 2.26. The summed E-state index contributed by atoms with van der Waals surface area (Å²) in [6.07, 6.45) is 8.25. The molecule has 28 heavy (non-hydrogen) atoms. The van der Waals surface area contributed by atoms with Crippen molar-refractivity contribution in [2.75, 3.05) is 26.2 Å². The van der Waals surface area contributed by atoms with Crippen LogP contribution in [0.1, 0.15) is 44.1 Å². The van der Waals surface area contributed by atoms with Crippen LogP contribution in [0.25, 0.3) is 0 Å². The van der Waals surface area contributed by atoms with Crippen molar-refractivity contribution in [3.05, 3.63) is 35.3 Å². The summed E-state index contributed by atoms with van der Waals surface area (Å²) in [7, 11) is 0. The number of amides is 2. The number of pyridine rings is 1. The van der Waals surface area contributed by atoms with E-state index in [2.05, 4.69) is 5.32 Å². The number of alkyl carbamates (subject to hydrolysis) is 1. The van der Waals surface area contributed by atoms with Crippen LogP contribution in [0.15, 0.2) is 24.5 Å². The number of nitrogens with zero attached hydrogens (tertiary/aromatic N) is 2. The molecule has 8 nitrogen and oxygen atoms in total. The summed E-state index contributed by atoms with van der Waals surface area (Å²) >= 11 is 0. The van der Waals surface area contributed by atoms with Crippen LogP contribution in [0, 0.1) is 11.1 Å². The smallest absolute Gasteiger partial charge is 0.409 e. The molecule has 154 valence electrons. The molecule has 1 aliphatic heterocycles. The maximum atomic E-state index is 11.9. The van der Waals surface area contributed by atoms with Crippen molar-refractivity contribution in [3.8, 4) is 0 Å². The third-order valence-corrected chi connectivity index (χ3v) is 5.39. The number of carbonyl (C=O) groups excluding carboxylic acids is 2. The molecule has 1 aromatic heterocycles. The average molecular weight is 391 g/mol. The van der Waals surface area contributed by atoms with Gasteiger partial charge >= 0.3 is 12.2 Å². The van der Waals surface area contributed by atoms with Gasteiger partial charge in [-0.25, -0.2) is 9.59 Å². The first-order chi connectivity index (χ1) is 13.6. The van der Waals surface area contributed by atoms with Gasteiger partial charge in [0.2, 0.25) is 0 Å². The van der Waals surface area contributed by atoms with E-state index in [0.717, 1.165) is 61.9 Å². The molecule has 8 heteroatoms. The average Bonchev–Trinajstić information content (AvgIpc) is 3.22. The molecule has 2 amide bonds. The Morgan fingerprint density at radius 3 is 2.68 bits per heavy atom. The van der Waals surface area contributed by atoms with Crippen LogP contribution in [-0.4, -0.2) is 49.4 Å². The zero-order valence-electron chi connectivity index (χ0n) is 16.2. The van der Waals surface area contributed by atoms with Gasteiger partial charge in [-0.15, -0.1) is 0 Å². The Labute approximate surface area is 165 Å². The summed E-state index contributed by atoms with van der Waals surface area (Å²) in [6.45, 7) is 2.47. The van der Waals surface area contributed by atoms with Crippen molar-refractivity contribution in [1.82, 2.24) is 10.2 Å². The Morgan fingerprint density at radius 2 is 1.96 bits per heavy atom. The van der Waals surface area contributed by atoms with Gasteiger partial charge in [0.25, 0.3) is 0 Å². The lowest BCUT2D eigenvalue weighted by Gasteiger charge is -2.28. The van der Waals surface area contributed by atoms with Gasteiger partial charge < -0.3 is 24.9 Å². The lowest BCUT2D eigenvalue weighted by atomic mass is 9.88. The number of aromatic nitrogens is 1. The van der Waals surface area contributed by atoms with Gasteiger partial charge in [-0.3, -0.25) is 0 Å². The summed E-state index contributed by atoms with van der Waals surface area (Å²) in [4.78, 5) is 25.6. The molecule has 3 rings (SSSR count). The molecule has 1 saturated heterocycles. The predicted molar refractivity (Wildman–Crippen MR) is 101 cm³/mol. The first-order valence-corrected chi connectivity index (χ1v) is 10.1. The number of hydrogen-bond acceptors (Lipinski definition) is 5. The molecular weight excluding hydrogens is 362 g/mol. The van der Waals surface area contributed by atoms with E-state index < -0.39 is 6.09 Å². The molecule has 0 unspecified atom stereocenters. The normalized spacial score (nSPS) is 21.9. The van der Waals surface area contributed by atoms with Crippen LogP contribution in [0.4, 0.5) is 9.59 Å². The fourth-order valence-corrected chi connectivity index (χ4v) is 3.75. The molecule has 2 heterocycles. The van der Waals surface area contributed by atoms with Crippen LogP contribution in [0.3, 0.4) is 0 Å². The van der Waals surface area contributed by atoms with Crippen LogP contribution < -0.4 is 10.0 Å². The molecule has 1 N–H and O–H groups in total. The van der Waals surface area contributed by atoms with Gasteiger partial charge in [0.1, 0.15) is 6.10 Å². The summed E-state index contributed by atoms with van der Waals surface area (Å²) < 4.78 is 11.6. The predicted octanol–water partition coefficient (Wildman–Crippen LogP) is 2.38. The molecule has 0 aromatic carbocycles. The van der Waals surface area contributed by atoms with Crippen molar-refractivity contribution in [3.63, 3.8) is 0 Å². The summed E-state index contributed by atoms with van der Waals surface area (Å²) in [5.74, 6) is 0.339. The van der Waals surface area contributed by atoms with Crippen molar-refractivity contribution < 1.29 is 23.8 Å². The quantitative estimate of drug-likeness (QED) is 0.593. The maximum Gasteiger partial charge on any atom is 0.409 e. The highest BCUT2D eigenvalue weighted by Crippen LogP contribution is 2.26. The van der Waals surface area contributed by atoms with E-state index in [1.807, 2.05) is 6.07 Å². The molecule has 1 saturated carbocycles. The minimum atomic E-state index is -0.421. The summed E-state index contributed by atoms with van der Waals surface area (Å²) in [5.41, 5.74) is 0.863. The van der Waals surface area contributed by atoms with Crippen molar-refractivity contribution in [2.45, 2.75) is 51.0 Å². The molecule has 0 bridgehead atoms. The Balaban J connectivity index is 1.27. The molecular formula is C20H29N3O5. The SMILES string of the molecule is O=C(NCCc1ccc[n+]([O-])c1)OC1CCC(COC(=O)N2CCCC2)CC1. The van der Waals surface area contributed by atoms with Crippen molar-refractivity contribution >= 4 is 12.2 Å². The number of carbonyl (C=O) groups is 2. The Bertz CT molecular complexity index is 655. The molecule has 2 aliphatic rings. The third kappa shape index (κ3) is 6.28. The minimum Gasteiger partial charge on any atom is -0.619 e. The number of likely N-dealkylation sites (tertiary alicyclic amines) is 1. The Kier molecular flexibility index (Phi) is 7.33. The van der Waals surface area contributed by atoms with Crippen molar-refractivity contribution in [1.29, 1.82) is 0 Å². The molecule has 1 aliphatic carbocycles. The number of rotatable bonds is 6. The zero-order chi connectivity index (χ0) is 19.8. The first kappa shape index (κ1) is 20.2. The second-order valence-corrected chi connectivity index (χ2v) is 7.57. The second kappa shape index (κ2) is 10.1. The fourth-order valence-electron chi connectivity index (χ4n) is 3.75.